The summed E-state index contributed by atoms with van der Waals surface area (Å²) in [6.07, 6.45) is 4.68. The first-order valence-corrected chi connectivity index (χ1v) is 7.16. The van der Waals surface area contributed by atoms with Crippen molar-refractivity contribution in [2.75, 3.05) is 13.7 Å². The maximum atomic E-state index is 5.54. The second-order valence-corrected chi connectivity index (χ2v) is 5.36. The highest BCUT2D eigenvalue weighted by atomic mass is 16.5. The molecule has 0 bridgehead atoms. The van der Waals surface area contributed by atoms with Gasteiger partial charge in [0.05, 0.1) is 6.61 Å². The first-order chi connectivity index (χ1) is 8.74. The standard InChI is InChI=1S/C16H25NO/c1-4-12(2)15(17-3)7-5-13-6-8-16-14(11-13)9-10-18-16/h6,8,11-12,15,17H,4-5,7,9-10H2,1-3H3. The van der Waals surface area contributed by atoms with E-state index in [0.717, 1.165) is 31.1 Å². The van der Waals surface area contributed by atoms with Crippen molar-refractivity contribution in [3.63, 3.8) is 0 Å². The number of nitrogens with one attached hydrogen (secondary N) is 1. The average Bonchev–Trinajstić information content (AvgIpc) is 2.86. The van der Waals surface area contributed by atoms with E-state index < -0.39 is 0 Å². The van der Waals surface area contributed by atoms with E-state index in [-0.39, 0.29) is 0 Å². The number of aryl methyl sites for hydroxylation is 1. The molecule has 0 saturated heterocycles. The van der Waals surface area contributed by atoms with E-state index in [2.05, 4.69) is 44.4 Å². The third-order valence-electron chi connectivity index (χ3n) is 4.20. The molecule has 1 aliphatic rings. The minimum atomic E-state index is 0.625. The van der Waals surface area contributed by atoms with Gasteiger partial charge < -0.3 is 10.1 Å². The third-order valence-corrected chi connectivity index (χ3v) is 4.20. The Kier molecular flexibility index (Phi) is 4.65. The van der Waals surface area contributed by atoms with Gasteiger partial charge in [-0.1, -0.05) is 32.4 Å². The highest BCUT2D eigenvalue weighted by Gasteiger charge is 2.15. The van der Waals surface area contributed by atoms with E-state index in [1.807, 2.05) is 0 Å². The Balaban J connectivity index is 1.93. The van der Waals surface area contributed by atoms with Gasteiger partial charge in [-0.2, -0.15) is 0 Å². The second kappa shape index (κ2) is 6.24. The predicted octanol–water partition coefficient (Wildman–Crippen LogP) is 3.19. The van der Waals surface area contributed by atoms with E-state index in [0.29, 0.717) is 6.04 Å². The first-order valence-electron chi connectivity index (χ1n) is 7.16. The topological polar surface area (TPSA) is 21.3 Å². The molecule has 1 N–H and O–H groups in total. The fourth-order valence-corrected chi connectivity index (χ4v) is 2.72. The molecule has 0 aliphatic carbocycles. The Labute approximate surface area is 111 Å². The van der Waals surface area contributed by atoms with Gasteiger partial charge in [0.2, 0.25) is 0 Å². The van der Waals surface area contributed by atoms with Crippen LogP contribution in [-0.4, -0.2) is 19.7 Å². The number of fused-ring (bicyclic) bond motifs is 1. The lowest BCUT2D eigenvalue weighted by atomic mass is 9.93. The van der Waals surface area contributed by atoms with E-state index in [1.54, 1.807) is 0 Å². The molecule has 2 atom stereocenters. The van der Waals surface area contributed by atoms with Crippen molar-refractivity contribution in [3.8, 4) is 5.75 Å². The molecule has 0 radical (unpaired) electrons. The van der Waals surface area contributed by atoms with E-state index in [4.69, 9.17) is 4.74 Å². The van der Waals surface area contributed by atoms with Gasteiger partial charge in [-0.05, 0) is 43.0 Å². The summed E-state index contributed by atoms with van der Waals surface area (Å²) in [6, 6.07) is 7.30. The van der Waals surface area contributed by atoms with E-state index >= 15 is 0 Å². The van der Waals surface area contributed by atoms with Gasteiger partial charge in [-0.25, -0.2) is 0 Å². The van der Waals surface area contributed by atoms with Crippen molar-refractivity contribution in [3.05, 3.63) is 29.3 Å². The normalized spacial score (nSPS) is 17.1. The van der Waals surface area contributed by atoms with Gasteiger partial charge >= 0.3 is 0 Å². The van der Waals surface area contributed by atoms with Crippen LogP contribution in [0.3, 0.4) is 0 Å². The van der Waals surface area contributed by atoms with Crippen LogP contribution in [0.1, 0.15) is 37.8 Å². The first kappa shape index (κ1) is 13.4. The van der Waals surface area contributed by atoms with Crippen LogP contribution in [0, 0.1) is 5.92 Å². The Hall–Kier alpha value is -1.02. The fourth-order valence-electron chi connectivity index (χ4n) is 2.72. The van der Waals surface area contributed by atoms with E-state index in [1.165, 1.54) is 24.0 Å². The van der Waals surface area contributed by atoms with Crippen LogP contribution in [-0.2, 0) is 12.8 Å². The van der Waals surface area contributed by atoms with Gasteiger partial charge in [0.15, 0.2) is 0 Å². The number of ether oxygens (including phenoxy) is 1. The van der Waals surface area contributed by atoms with Crippen molar-refractivity contribution in [2.24, 2.45) is 5.92 Å². The quantitative estimate of drug-likeness (QED) is 0.833. The van der Waals surface area contributed by atoms with Gasteiger partial charge in [-0.15, -0.1) is 0 Å². The Bertz CT molecular complexity index is 389. The maximum absolute atomic E-state index is 5.54. The van der Waals surface area contributed by atoms with Crippen LogP contribution in [0.5, 0.6) is 5.75 Å². The zero-order valence-electron chi connectivity index (χ0n) is 11.8. The zero-order chi connectivity index (χ0) is 13.0. The summed E-state index contributed by atoms with van der Waals surface area (Å²) in [7, 11) is 2.08. The average molecular weight is 247 g/mol. The second-order valence-electron chi connectivity index (χ2n) is 5.36. The highest BCUT2D eigenvalue weighted by Crippen LogP contribution is 2.26. The molecule has 1 aliphatic heterocycles. The smallest absolute Gasteiger partial charge is 0.122 e. The van der Waals surface area contributed by atoms with Crippen molar-refractivity contribution >= 4 is 0 Å². The largest absolute Gasteiger partial charge is 0.493 e. The monoisotopic (exact) mass is 247 g/mol. The Morgan fingerprint density at radius 3 is 2.94 bits per heavy atom. The van der Waals surface area contributed by atoms with Crippen LogP contribution in [0.25, 0.3) is 0 Å². The SMILES string of the molecule is CCC(C)C(CCc1ccc2c(c1)CCO2)NC. The molecule has 100 valence electrons. The van der Waals surface area contributed by atoms with Crippen molar-refractivity contribution in [1.29, 1.82) is 0 Å². The summed E-state index contributed by atoms with van der Waals surface area (Å²) in [5.41, 5.74) is 2.83. The van der Waals surface area contributed by atoms with Crippen molar-refractivity contribution < 1.29 is 4.74 Å². The van der Waals surface area contributed by atoms with Crippen LogP contribution in [0.15, 0.2) is 18.2 Å². The summed E-state index contributed by atoms with van der Waals surface area (Å²) in [4.78, 5) is 0. The number of hydrogen-bond donors (Lipinski definition) is 1. The number of hydrogen-bond acceptors (Lipinski definition) is 2. The summed E-state index contributed by atoms with van der Waals surface area (Å²) < 4.78 is 5.54. The van der Waals surface area contributed by atoms with Crippen molar-refractivity contribution in [1.82, 2.24) is 5.32 Å². The van der Waals surface area contributed by atoms with Crippen molar-refractivity contribution in [2.45, 2.75) is 45.6 Å². The molecule has 18 heavy (non-hydrogen) atoms. The third kappa shape index (κ3) is 3.05. The molecule has 0 spiro atoms. The molecule has 1 aromatic rings. The van der Waals surface area contributed by atoms with Crippen LogP contribution in [0.2, 0.25) is 0 Å². The molecule has 1 aromatic carbocycles. The minimum Gasteiger partial charge on any atom is -0.493 e. The molecule has 2 heteroatoms. The molecule has 1 heterocycles. The molecule has 2 rings (SSSR count). The lowest BCUT2D eigenvalue weighted by Crippen LogP contribution is -2.32. The molecular formula is C16H25NO. The van der Waals surface area contributed by atoms with Gasteiger partial charge in [0.25, 0.3) is 0 Å². The molecule has 0 aromatic heterocycles. The predicted molar refractivity (Wildman–Crippen MR) is 76.3 cm³/mol. The summed E-state index contributed by atoms with van der Waals surface area (Å²) in [6.45, 7) is 5.45. The zero-order valence-corrected chi connectivity index (χ0v) is 11.8. The molecule has 2 nitrogen and oxygen atoms in total. The highest BCUT2D eigenvalue weighted by molar-refractivity contribution is 5.39. The molecule has 0 saturated carbocycles. The van der Waals surface area contributed by atoms with Crippen LogP contribution >= 0.6 is 0 Å². The van der Waals surface area contributed by atoms with Crippen LogP contribution in [0.4, 0.5) is 0 Å². The minimum absolute atomic E-state index is 0.625. The fraction of sp³-hybridized carbons (Fsp3) is 0.625. The van der Waals surface area contributed by atoms with Gasteiger partial charge in [-0.3, -0.25) is 0 Å². The molecule has 2 unspecified atom stereocenters. The van der Waals surface area contributed by atoms with E-state index in [9.17, 15) is 0 Å². The Morgan fingerprint density at radius 1 is 1.39 bits per heavy atom. The lowest BCUT2D eigenvalue weighted by Gasteiger charge is -2.22. The van der Waals surface area contributed by atoms with Gasteiger partial charge in [0.1, 0.15) is 5.75 Å². The van der Waals surface area contributed by atoms with Gasteiger partial charge in [0, 0.05) is 12.5 Å². The Morgan fingerprint density at radius 2 is 2.22 bits per heavy atom. The lowest BCUT2D eigenvalue weighted by molar-refractivity contribution is 0.356. The number of benzene rings is 1. The van der Waals surface area contributed by atoms with Crippen LogP contribution < -0.4 is 10.1 Å². The summed E-state index contributed by atoms with van der Waals surface area (Å²) in [5.74, 6) is 1.83. The number of rotatable bonds is 6. The molecule has 0 fully saturated rings. The maximum Gasteiger partial charge on any atom is 0.122 e. The summed E-state index contributed by atoms with van der Waals surface area (Å²) >= 11 is 0. The molecule has 0 amide bonds. The molecular weight excluding hydrogens is 222 g/mol. The summed E-state index contributed by atoms with van der Waals surface area (Å²) in [5, 5.41) is 3.45.